The van der Waals surface area contributed by atoms with Crippen molar-refractivity contribution in [3.63, 3.8) is 0 Å². The lowest BCUT2D eigenvalue weighted by molar-refractivity contribution is -0.119. The topological polar surface area (TPSA) is 59.8 Å². The first kappa shape index (κ1) is 20.1. The van der Waals surface area contributed by atoms with Crippen molar-refractivity contribution in [2.75, 3.05) is 5.75 Å². The van der Waals surface area contributed by atoms with Crippen LogP contribution in [0, 0.1) is 27.7 Å². The van der Waals surface area contributed by atoms with Gasteiger partial charge in [-0.1, -0.05) is 47.7 Å². The number of amides is 1. The van der Waals surface area contributed by atoms with Gasteiger partial charge >= 0.3 is 0 Å². The van der Waals surface area contributed by atoms with Crippen LogP contribution in [0.3, 0.4) is 0 Å². The van der Waals surface area contributed by atoms with Crippen LogP contribution in [0.15, 0.2) is 47.6 Å². The third-order valence-corrected chi connectivity index (χ3v) is 5.76. The fourth-order valence-electron chi connectivity index (χ4n) is 2.96. The van der Waals surface area contributed by atoms with E-state index in [2.05, 4.69) is 66.6 Å². The molecule has 5 nitrogen and oxygen atoms in total. The van der Waals surface area contributed by atoms with Crippen molar-refractivity contribution in [2.45, 2.75) is 45.8 Å². The van der Waals surface area contributed by atoms with Crippen LogP contribution in [-0.4, -0.2) is 26.4 Å². The average molecular weight is 395 g/mol. The van der Waals surface area contributed by atoms with Crippen LogP contribution < -0.4 is 5.32 Å². The molecule has 146 valence electrons. The minimum Gasteiger partial charge on any atom is -0.349 e. The second-order valence-electron chi connectivity index (χ2n) is 7.12. The maximum Gasteiger partial charge on any atom is 0.230 e. The van der Waals surface area contributed by atoms with Crippen molar-refractivity contribution in [3.05, 3.63) is 70.5 Å². The van der Waals surface area contributed by atoms with Crippen molar-refractivity contribution in [1.82, 2.24) is 20.1 Å². The normalized spacial score (nSPS) is 12.0. The number of nitrogens with zero attached hydrogens (tertiary/aromatic N) is 3. The van der Waals surface area contributed by atoms with Gasteiger partial charge in [0.2, 0.25) is 5.91 Å². The fourth-order valence-corrected chi connectivity index (χ4v) is 3.77. The summed E-state index contributed by atoms with van der Waals surface area (Å²) in [5, 5.41) is 12.2. The number of benzene rings is 2. The highest BCUT2D eigenvalue weighted by atomic mass is 32.2. The summed E-state index contributed by atoms with van der Waals surface area (Å²) in [6.07, 6.45) is 0. The van der Waals surface area contributed by atoms with Crippen molar-refractivity contribution in [1.29, 1.82) is 0 Å². The minimum absolute atomic E-state index is 0.0214. The summed E-state index contributed by atoms with van der Waals surface area (Å²) in [5.41, 5.74) is 5.79. The van der Waals surface area contributed by atoms with Crippen molar-refractivity contribution in [3.8, 4) is 5.69 Å². The zero-order valence-corrected chi connectivity index (χ0v) is 17.8. The Bertz CT molecular complexity index is 979. The summed E-state index contributed by atoms with van der Waals surface area (Å²) in [6.45, 7) is 10.2. The van der Waals surface area contributed by atoms with Crippen LogP contribution >= 0.6 is 11.8 Å². The molecule has 0 aliphatic heterocycles. The molecule has 0 saturated heterocycles. The molecule has 3 rings (SSSR count). The third kappa shape index (κ3) is 4.62. The van der Waals surface area contributed by atoms with E-state index in [0.717, 1.165) is 22.2 Å². The maximum atomic E-state index is 12.5. The largest absolute Gasteiger partial charge is 0.349 e. The van der Waals surface area contributed by atoms with Gasteiger partial charge in [0.05, 0.1) is 11.8 Å². The van der Waals surface area contributed by atoms with Gasteiger partial charge in [-0.2, -0.15) is 0 Å². The predicted octanol–water partition coefficient (Wildman–Crippen LogP) is 4.47. The van der Waals surface area contributed by atoms with E-state index in [1.165, 1.54) is 28.5 Å². The molecular weight excluding hydrogens is 368 g/mol. The summed E-state index contributed by atoms with van der Waals surface area (Å²) < 4.78 is 1.98. The van der Waals surface area contributed by atoms with E-state index < -0.39 is 0 Å². The Hall–Kier alpha value is -2.60. The van der Waals surface area contributed by atoms with Gasteiger partial charge in [-0.15, -0.1) is 10.2 Å². The third-order valence-electron chi connectivity index (χ3n) is 4.83. The molecule has 6 heteroatoms. The summed E-state index contributed by atoms with van der Waals surface area (Å²) in [6, 6.07) is 14.4. The molecule has 0 spiro atoms. The first-order chi connectivity index (χ1) is 13.3. The smallest absolute Gasteiger partial charge is 0.230 e. The highest BCUT2D eigenvalue weighted by molar-refractivity contribution is 7.99. The summed E-state index contributed by atoms with van der Waals surface area (Å²) in [7, 11) is 0. The second-order valence-corrected chi connectivity index (χ2v) is 8.06. The summed E-state index contributed by atoms with van der Waals surface area (Å²) in [4.78, 5) is 12.5. The molecule has 0 fully saturated rings. The van der Waals surface area contributed by atoms with Crippen LogP contribution in [-0.2, 0) is 4.79 Å². The Morgan fingerprint density at radius 2 is 1.75 bits per heavy atom. The number of hydrogen-bond acceptors (Lipinski definition) is 4. The Labute approximate surface area is 170 Å². The molecule has 2 aromatic carbocycles. The summed E-state index contributed by atoms with van der Waals surface area (Å²) in [5.74, 6) is 1.07. The fraction of sp³-hybridized carbons (Fsp3) is 0.318. The molecule has 1 N–H and O–H groups in total. The quantitative estimate of drug-likeness (QED) is 0.627. The molecule has 1 aromatic heterocycles. The number of rotatable bonds is 6. The van der Waals surface area contributed by atoms with Crippen LogP contribution in [0.2, 0.25) is 0 Å². The standard InChI is InChI=1S/C22H26N4OS/c1-14-6-10-20(11-7-14)26-18(5)24-25-22(26)28-13-21(27)23-17(4)19-9-8-15(2)16(3)12-19/h6-12,17H,13H2,1-5H3,(H,23,27)/t17-/m1/s1. The van der Waals surface area contributed by atoms with E-state index in [4.69, 9.17) is 0 Å². The molecule has 0 saturated carbocycles. The lowest BCUT2D eigenvalue weighted by Crippen LogP contribution is -2.28. The molecule has 1 atom stereocenters. The van der Waals surface area contributed by atoms with Crippen LogP contribution in [0.25, 0.3) is 5.69 Å². The molecule has 1 amide bonds. The number of thioether (sulfide) groups is 1. The Morgan fingerprint density at radius 3 is 2.43 bits per heavy atom. The highest BCUT2D eigenvalue weighted by Gasteiger charge is 2.15. The maximum absolute atomic E-state index is 12.5. The van der Waals surface area contributed by atoms with Crippen LogP contribution in [0.1, 0.15) is 41.0 Å². The Kier molecular flexibility index (Phi) is 6.19. The molecular formula is C22H26N4OS. The van der Waals surface area contributed by atoms with Crippen LogP contribution in [0.5, 0.6) is 0 Å². The monoisotopic (exact) mass is 394 g/mol. The number of carbonyl (C=O) groups is 1. The molecule has 0 aliphatic rings. The van der Waals surface area contributed by atoms with Gasteiger partial charge in [0, 0.05) is 5.69 Å². The Balaban J connectivity index is 1.65. The molecule has 3 aromatic rings. The molecule has 28 heavy (non-hydrogen) atoms. The molecule has 0 radical (unpaired) electrons. The average Bonchev–Trinajstić information content (AvgIpc) is 3.03. The number of hydrogen-bond donors (Lipinski definition) is 1. The van der Waals surface area contributed by atoms with Gasteiger partial charge in [-0.05, 0) is 63.4 Å². The first-order valence-corrected chi connectivity index (χ1v) is 10.3. The van der Waals surface area contributed by atoms with Gasteiger partial charge < -0.3 is 5.32 Å². The van der Waals surface area contributed by atoms with Crippen molar-refractivity contribution >= 4 is 17.7 Å². The number of nitrogens with one attached hydrogen (secondary N) is 1. The minimum atomic E-state index is -0.0379. The van der Waals surface area contributed by atoms with E-state index in [1.54, 1.807) is 0 Å². The van der Waals surface area contributed by atoms with E-state index in [9.17, 15) is 4.79 Å². The molecule has 0 bridgehead atoms. The molecule has 0 unspecified atom stereocenters. The molecule has 1 heterocycles. The SMILES string of the molecule is Cc1ccc(-n2c(C)nnc2SCC(=O)N[C@H](C)c2ccc(C)c(C)c2)cc1. The second kappa shape index (κ2) is 8.61. The summed E-state index contributed by atoms with van der Waals surface area (Å²) >= 11 is 1.40. The first-order valence-electron chi connectivity index (χ1n) is 9.33. The van der Waals surface area contributed by atoms with E-state index in [1.807, 2.05) is 30.5 Å². The lowest BCUT2D eigenvalue weighted by Gasteiger charge is -2.15. The predicted molar refractivity (Wildman–Crippen MR) is 114 cm³/mol. The zero-order valence-electron chi connectivity index (χ0n) is 17.0. The van der Waals surface area contributed by atoms with Gasteiger partial charge in [0.25, 0.3) is 0 Å². The Morgan fingerprint density at radius 1 is 1.04 bits per heavy atom. The van der Waals surface area contributed by atoms with Gasteiger partial charge in [-0.25, -0.2) is 0 Å². The molecule has 0 aliphatic carbocycles. The zero-order chi connectivity index (χ0) is 20.3. The van der Waals surface area contributed by atoms with Gasteiger partial charge in [0.1, 0.15) is 5.82 Å². The van der Waals surface area contributed by atoms with E-state index in [0.29, 0.717) is 5.75 Å². The number of carbonyl (C=O) groups excluding carboxylic acids is 1. The number of aromatic nitrogens is 3. The number of aryl methyl sites for hydroxylation is 4. The van der Waals surface area contributed by atoms with Gasteiger partial charge in [0.15, 0.2) is 5.16 Å². The van der Waals surface area contributed by atoms with Crippen molar-refractivity contribution < 1.29 is 4.79 Å². The van der Waals surface area contributed by atoms with Crippen LogP contribution in [0.4, 0.5) is 0 Å². The van der Waals surface area contributed by atoms with E-state index in [-0.39, 0.29) is 11.9 Å². The lowest BCUT2D eigenvalue weighted by atomic mass is 10.0. The van der Waals surface area contributed by atoms with Gasteiger partial charge in [-0.3, -0.25) is 9.36 Å². The van der Waals surface area contributed by atoms with E-state index >= 15 is 0 Å². The highest BCUT2D eigenvalue weighted by Crippen LogP contribution is 2.22. The van der Waals surface area contributed by atoms with Crippen molar-refractivity contribution in [2.24, 2.45) is 0 Å².